The number of rotatable bonds is 22. The highest BCUT2D eigenvalue weighted by molar-refractivity contribution is 5.91. The third kappa shape index (κ3) is 12.6. The highest BCUT2D eigenvalue weighted by Gasteiger charge is 2.43. The maximum atomic E-state index is 14.3. The van der Waals surface area contributed by atoms with Crippen LogP contribution < -0.4 is 16.4 Å². The van der Waals surface area contributed by atoms with E-state index in [1.54, 1.807) is 44.8 Å². The largest absolute Gasteiger partial charge is 0.379 e. The number of nitrogens with one attached hydrogen (secondary N) is 2. The normalized spacial score (nSPS) is 19.2. The molecule has 1 aliphatic rings. The van der Waals surface area contributed by atoms with Crippen LogP contribution in [0.5, 0.6) is 0 Å². The molecule has 1 fully saturated rings. The monoisotopic (exact) mass is 772 g/mol. The lowest BCUT2D eigenvalue weighted by molar-refractivity contribution is -0.147. The minimum Gasteiger partial charge on any atom is -0.379 e. The van der Waals surface area contributed by atoms with Crippen molar-refractivity contribution in [1.82, 2.24) is 25.3 Å². The predicted molar refractivity (Wildman–Crippen MR) is 210 cm³/mol. The van der Waals surface area contributed by atoms with Crippen LogP contribution in [0.2, 0.25) is 0 Å². The molecule has 1 heterocycles. The second kappa shape index (κ2) is 22.3. The van der Waals surface area contributed by atoms with Crippen molar-refractivity contribution in [3.63, 3.8) is 0 Å². The van der Waals surface area contributed by atoms with E-state index in [9.17, 15) is 29.5 Å². The lowest BCUT2D eigenvalue weighted by Gasteiger charge is -2.41. The molecule has 1 saturated heterocycles. The number of amides is 5. The molecular formula is C39H65N9O7. The molecule has 1 aromatic carbocycles. The van der Waals surface area contributed by atoms with Crippen LogP contribution in [0.4, 0.5) is 0 Å². The van der Waals surface area contributed by atoms with Gasteiger partial charge in [0.05, 0.1) is 48.7 Å². The van der Waals surface area contributed by atoms with E-state index >= 15 is 0 Å². The molecule has 0 radical (unpaired) electrons. The molecule has 0 aromatic heterocycles. The predicted octanol–water partition coefficient (Wildman–Crippen LogP) is 2.89. The summed E-state index contributed by atoms with van der Waals surface area (Å²) in [5.41, 5.74) is 15.8. The summed E-state index contributed by atoms with van der Waals surface area (Å²) in [5, 5.41) is 9.41. The molecule has 5 amide bonds. The summed E-state index contributed by atoms with van der Waals surface area (Å²) in [6.07, 6.45) is 0.669. The number of hydrogen-bond donors (Lipinski definition) is 3. The Morgan fingerprint density at radius 3 is 2.15 bits per heavy atom. The van der Waals surface area contributed by atoms with Gasteiger partial charge >= 0.3 is 0 Å². The van der Waals surface area contributed by atoms with Crippen LogP contribution in [0.25, 0.3) is 10.4 Å². The summed E-state index contributed by atoms with van der Waals surface area (Å²) in [6, 6.07) is 4.68. The van der Waals surface area contributed by atoms with E-state index in [0.29, 0.717) is 25.8 Å². The van der Waals surface area contributed by atoms with Gasteiger partial charge in [-0.2, -0.15) is 0 Å². The first kappa shape index (κ1) is 46.9. The number of nitrogens with two attached hydrogens (primary N) is 1. The van der Waals surface area contributed by atoms with Gasteiger partial charge in [-0.15, -0.1) is 0 Å². The van der Waals surface area contributed by atoms with Crippen molar-refractivity contribution in [2.45, 2.75) is 122 Å². The fourth-order valence-corrected chi connectivity index (χ4v) is 7.81. The molecule has 10 atom stereocenters. The Bertz CT molecular complexity index is 1460. The molecule has 2 rings (SSSR count). The van der Waals surface area contributed by atoms with Crippen molar-refractivity contribution in [2.75, 3.05) is 41.9 Å². The zero-order valence-electron chi connectivity index (χ0n) is 34.6. The molecule has 4 N–H and O–H groups in total. The van der Waals surface area contributed by atoms with Gasteiger partial charge in [-0.25, -0.2) is 0 Å². The zero-order valence-corrected chi connectivity index (χ0v) is 34.6. The third-order valence-electron chi connectivity index (χ3n) is 10.9. The van der Waals surface area contributed by atoms with Crippen LogP contribution in [-0.4, -0.2) is 135 Å². The Morgan fingerprint density at radius 2 is 1.64 bits per heavy atom. The molecule has 0 aliphatic carbocycles. The molecule has 16 heteroatoms. The summed E-state index contributed by atoms with van der Waals surface area (Å²) in [5.74, 6) is -3.08. The minimum absolute atomic E-state index is 0.0637. The van der Waals surface area contributed by atoms with Gasteiger partial charge < -0.3 is 35.6 Å². The highest BCUT2D eigenvalue weighted by Crippen LogP contribution is 2.30. The van der Waals surface area contributed by atoms with Crippen LogP contribution in [0.3, 0.4) is 0 Å². The minimum atomic E-state index is -1.17. The first-order chi connectivity index (χ1) is 25.9. The standard InChI is InChI=1S/C39H65N9O7/c1-12-24(4)34(47(9)39(53)32(26(6)44-45-41)43-38(52)33(23(2)3)46(7)8)30(54-10)22-31(49)48-20-16-19-29(48)35(55-11)25(5)37(51)42-28(36(40)50)21-27-17-14-13-15-18-27/h13-15,17-18,23-26,28-30,32-35H,12,16,19-22H2,1-11H3,(H2,40,50)(H,42,51)(H,43,52)/t24-,25+,26-,28?,29?,30+,32-,33?,34-,35+/m0/s1. The number of azide groups is 1. The fourth-order valence-electron chi connectivity index (χ4n) is 7.81. The topological polar surface area (TPSA) is 212 Å². The summed E-state index contributed by atoms with van der Waals surface area (Å²) >= 11 is 0. The van der Waals surface area contributed by atoms with Crippen LogP contribution >= 0.6 is 0 Å². The van der Waals surface area contributed by atoms with Gasteiger partial charge in [0.2, 0.25) is 29.5 Å². The van der Waals surface area contributed by atoms with E-state index in [0.717, 1.165) is 5.56 Å². The SMILES string of the molecule is CC[C@H](C)[C@@H]([C@@H](CC(=O)N1CCCC1[C@H](OC)[C@@H](C)C(=O)NC(Cc1ccccc1)C(N)=O)OC)N(C)C(=O)[C@@H](NC(=O)C(C(C)C)N(C)C)[C@H](C)N=[N+]=[N-]. The fraction of sp³-hybridized carbons (Fsp3) is 0.718. The van der Waals surface area contributed by atoms with E-state index < -0.39 is 72.1 Å². The molecule has 0 spiro atoms. The quantitative estimate of drug-likeness (QED) is 0.0904. The number of methoxy groups -OCH3 is 2. The van der Waals surface area contributed by atoms with E-state index in [2.05, 4.69) is 20.7 Å². The first-order valence-corrected chi connectivity index (χ1v) is 19.2. The van der Waals surface area contributed by atoms with Gasteiger partial charge in [0.25, 0.3) is 0 Å². The molecule has 308 valence electrons. The van der Waals surface area contributed by atoms with Gasteiger partial charge in [0, 0.05) is 39.1 Å². The Hall–Kier alpha value is -4.24. The van der Waals surface area contributed by atoms with Crippen molar-refractivity contribution in [2.24, 2.45) is 28.6 Å². The molecule has 1 aromatic rings. The Balaban J connectivity index is 2.33. The number of likely N-dealkylation sites (tertiary alicyclic amines) is 1. The van der Waals surface area contributed by atoms with Crippen LogP contribution in [0.15, 0.2) is 35.4 Å². The number of ether oxygens (including phenoxy) is 2. The van der Waals surface area contributed by atoms with Crippen molar-refractivity contribution >= 4 is 29.5 Å². The van der Waals surface area contributed by atoms with Gasteiger partial charge in [-0.1, -0.05) is 83.4 Å². The second-order valence-electron chi connectivity index (χ2n) is 15.3. The number of carbonyl (C=O) groups is 5. The summed E-state index contributed by atoms with van der Waals surface area (Å²) in [4.78, 5) is 75.7. The summed E-state index contributed by atoms with van der Waals surface area (Å²) < 4.78 is 11.9. The number of primary amides is 1. The molecule has 55 heavy (non-hydrogen) atoms. The van der Waals surface area contributed by atoms with Crippen LogP contribution in [-0.2, 0) is 39.9 Å². The summed E-state index contributed by atoms with van der Waals surface area (Å²) in [7, 11) is 8.17. The van der Waals surface area contributed by atoms with Gasteiger partial charge in [-0.3, -0.25) is 28.9 Å². The maximum absolute atomic E-state index is 14.3. The zero-order chi connectivity index (χ0) is 41.6. The molecule has 0 saturated carbocycles. The van der Waals surface area contributed by atoms with Crippen molar-refractivity contribution < 1.29 is 33.4 Å². The third-order valence-corrected chi connectivity index (χ3v) is 10.9. The number of benzene rings is 1. The number of likely N-dealkylation sites (N-methyl/N-ethyl adjacent to an activating group) is 2. The van der Waals surface area contributed by atoms with Crippen LogP contribution in [0, 0.1) is 17.8 Å². The number of hydrogen-bond acceptors (Lipinski definition) is 9. The van der Waals surface area contributed by atoms with E-state index in [4.69, 9.17) is 15.2 Å². The number of nitrogens with zero attached hydrogens (tertiary/aromatic N) is 6. The van der Waals surface area contributed by atoms with Gasteiger partial charge in [0.15, 0.2) is 0 Å². The van der Waals surface area contributed by atoms with Crippen molar-refractivity contribution in [1.29, 1.82) is 0 Å². The highest BCUT2D eigenvalue weighted by atomic mass is 16.5. The Morgan fingerprint density at radius 1 is 1.00 bits per heavy atom. The second-order valence-corrected chi connectivity index (χ2v) is 15.3. The lowest BCUT2D eigenvalue weighted by Crippen LogP contribution is -2.60. The molecule has 1 aliphatic heterocycles. The van der Waals surface area contributed by atoms with Crippen molar-refractivity contribution in [3.8, 4) is 0 Å². The first-order valence-electron chi connectivity index (χ1n) is 19.2. The molecule has 0 bridgehead atoms. The molecule has 3 unspecified atom stereocenters. The lowest BCUT2D eigenvalue weighted by atomic mass is 9.89. The number of carbonyl (C=O) groups excluding carboxylic acids is 5. The van der Waals surface area contributed by atoms with E-state index in [1.807, 2.05) is 58.0 Å². The average molecular weight is 772 g/mol. The van der Waals surface area contributed by atoms with E-state index in [-0.39, 0.29) is 36.5 Å². The molecule has 16 nitrogen and oxygen atoms in total. The van der Waals surface area contributed by atoms with E-state index in [1.165, 1.54) is 19.1 Å². The van der Waals surface area contributed by atoms with Gasteiger partial charge in [-0.05, 0) is 49.9 Å². The Kier molecular flexibility index (Phi) is 19.1. The average Bonchev–Trinajstić information content (AvgIpc) is 3.62. The van der Waals surface area contributed by atoms with Crippen molar-refractivity contribution in [3.05, 3.63) is 46.3 Å². The maximum Gasteiger partial charge on any atom is 0.245 e. The molecular weight excluding hydrogens is 706 g/mol. The Labute approximate surface area is 326 Å². The smallest absolute Gasteiger partial charge is 0.245 e. The summed E-state index contributed by atoms with van der Waals surface area (Å²) in [6.45, 7) is 11.5. The van der Waals surface area contributed by atoms with Gasteiger partial charge in [0.1, 0.15) is 12.1 Å². The van der Waals surface area contributed by atoms with Crippen LogP contribution in [0.1, 0.15) is 72.8 Å².